The van der Waals surface area contributed by atoms with Gasteiger partial charge in [0.25, 0.3) is 0 Å². The van der Waals surface area contributed by atoms with Gasteiger partial charge >= 0.3 is 6.03 Å². The van der Waals surface area contributed by atoms with E-state index in [4.69, 9.17) is 0 Å². The Kier molecular flexibility index (Phi) is 5.14. The number of likely N-dealkylation sites (tertiary alicyclic amines) is 1. The maximum absolute atomic E-state index is 13.0. The van der Waals surface area contributed by atoms with Gasteiger partial charge in [-0.1, -0.05) is 26.0 Å². The lowest BCUT2D eigenvalue weighted by molar-refractivity contribution is 0.194. The van der Waals surface area contributed by atoms with Crippen molar-refractivity contribution in [1.82, 2.24) is 9.88 Å². The van der Waals surface area contributed by atoms with Crippen LogP contribution in [0, 0.1) is 5.82 Å². The van der Waals surface area contributed by atoms with Crippen LogP contribution in [0.4, 0.5) is 14.3 Å². The predicted molar refractivity (Wildman–Crippen MR) is 95.2 cm³/mol. The minimum absolute atomic E-state index is 0.0859. The number of piperidine rings is 1. The molecule has 1 saturated heterocycles. The van der Waals surface area contributed by atoms with E-state index in [2.05, 4.69) is 24.1 Å². The predicted octanol–water partition coefficient (Wildman–Crippen LogP) is 4.82. The van der Waals surface area contributed by atoms with Crippen LogP contribution in [0.1, 0.15) is 49.0 Å². The second-order valence-corrected chi connectivity index (χ2v) is 7.53. The number of nitrogens with one attached hydrogen (secondary N) is 1. The number of thiazole rings is 1. The van der Waals surface area contributed by atoms with Crippen molar-refractivity contribution in [2.75, 3.05) is 18.4 Å². The highest BCUT2D eigenvalue weighted by atomic mass is 32.1. The number of anilines is 1. The Labute approximate surface area is 145 Å². The fraction of sp³-hybridized carbons (Fsp3) is 0.444. The molecule has 0 aliphatic carbocycles. The molecule has 1 aromatic carbocycles. The van der Waals surface area contributed by atoms with E-state index in [1.54, 1.807) is 0 Å². The zero-order chi connectivity index (χ0) is 17.1. The fourth-order valence-electron chi connectivity index (χ4n) is 2.93. The first-order valence-electron chi connectivity index (χ1n) is 8.30. The topological polar surface area (TPSA) is 45.2 Å². The van der Waals surface area contributed by atoms with Gasteiger partial charge < -0.3 is 4.90 Å². The van der Waals surface area contributed by atoms with Crippen molar-refractivity contribution >= 4 is 22.5 Å². The van der Waals surface area contributed by atoms with Crippen LogP contribution in [-0.2, 0) is 0 Å². The number of rotatable bonds is 3. The van der Waals surface area contributed by atoms with Gasteiger partial charge in [-0.25, -0.2) is 14.2 Å². The van der Waals surface area contributed by atoms with Crippen molar-refractivity contribution in [1.29, 1.82) is 0 Å². The van der Waals surface area contributed by atoms with Crippen LogP contribution >= 0.6 is 11.3 Å². The van der Waals surface area contributed by atoms with Crippen LogP contribution in [-0.4, -0.2) is 29.0 Å². The van der Waals surface area contributed by atoms with Crippen LogP contribution in [0.25, 0.3) is 0 Å². The fourth-order valence-corrected chi connectivity index (χ4v) is 3.74. The molecule has 4 nitrogen and oxygen atoms in total. The molecule has 0 bridgehead atoms. The highest BCUT2D eigenvalue weighted by Gasteiger charge is 2.24. The van der Waals surface area contributed by atoms with Crippen molar-refractivity contribution in [2.24, 2.45) is 0 Å². The van der Waals surface area contributed by atoms with E-state index in [-0.39, 0.29) is 11.8 Å². The van der Waals surface area contributed by atoms with Crippen molar-refractivity contribution in [3.05, 3.63) is 46.7 Å². The molecule has 0 atom stereocenters. The summed E-state index contributed by atoms with van der Waals surface area (Å²) in [5, 5.41) is 3.55. The first-order chi connectivity index (χ1) is 11.5. The summed E-state index contributed by atoms with van der Waals surface area (Å²) in [6.07, 6.45) is 3.62. The van der Waals surface area contributed by atoms with E-state index < -0.39 is 0 Å². The molecule has 128 valence electrons. The number of amides is 2. The van der Waals surface area contributed by atoms with Gasteiger partial charge in [0.2, 0.25) is 0 Å². The second-order valence-electron chi connectivity index (χ2n) is 6.47. The molecule has 2 aromatic rings. The first kappa shape index (κ1) is 16.9. The summed E-state index contributed by atoms with van der Waals surface area (Å²) in [5.41, 5.74) is 1.15. The number of carbonyl (C=O) groups is 1. The Bertz CT molecular complexity index is 691. The highest BCUT2D eigenvalue weighted by Crippen LogP contribution is 2.29. The lowest BCUT2D eigenvalue weighted by atomic mass is 9.89. The molecule has 3 rings (SSSR count). The quantitative estimate of drug-likeness (QED) is 0.865. The third-order valence-electron chi connectivity index (χ3n) is 4.43. The molecule has 24 heavy (non-hydrogen) atoms. The van der Waals surface area contributed by atoms with E-state index >= 15 is 0 Å². The van der Waals surface area contributed by atoms with Crippen molar-refractivity contribution in [3.8, 4) is 0 Å². The highest BCUT2D eigenvalue weighted by molar-refractivity contribution is 7.15. The molecular formula is C18H22FN3OS. The Hall–Kier alpha value is -1.95. The number of benzene rings is 1. The second kappa shape index (κ2) is 7.30. The molecule has 1 aromatic heterocycles. The van der Waals surface area contributed by atoms with Gasteiger partial charge in [0, 0.05) is 24.2 Å². The van der Waals surface area contributed by atoms with E-state index in [1.807, 2.05) is 23.2 Å². The maximum atomic E-state index is 13.0. The normalized spacial score (nSPS) is 15.8. The summed E-state index contributed by atoms with van der Waals surface area (Å²) in [7, 11) is 0. The Morgan fingerprint density at radius 3 is 2.54 bits per heavy atom. The largest absolute Gasteiger partial charge is 0.324 e. The minimum Gasteiger partial charge on any atom is -0.324 e. The Morgan fingerprint density at radius 2 is 1.96 bits per heavy atom. The summed E-state index contributed by atoms with van der Waals surface area (Å²) in [4.78, 5) is 19.6. The molecular weight excluding hydrogens is 325 g/mol. The average molecular weight is 347 g/mol. The molecule has 2 heterocycles. The number of urea groups is 1. The molecule has 2 amide bonds. The van der Waals surface area contributed by atoms with Gasteiger partial charge in [0.1, 0.15) is 5.82 Å². The van der Waals surface area contributed by atoms with Crippen LogP contribution in [0.15, 0.2) is 30.5 Å². The van der Waals surface area contributed by atoms with E-state index in [0.29, 0.717) is 30.1 Å². The number of hydrogen-bond acceptors (Lipinski definition) is 3. The van der Waals surface area contributed by atoms with Crippen molar-refractivity contribution in [2.45, 2.75) is 38.5 Å². The summed E-state index contributed by atoms with van der Waals surface area (Å²) in [6, 6.07) is 6.61. The number of nitrogens with zero attached hydrogens (tertiary/aromatic N) is 2. The third-order valence-corrected chi connectivity index (χ3v) is 5.64. The van der Waals surface area contributed by atoms with Crippen molar-refractivity contribution < 1.29 is 9.18 Å². The summed E-state index contributed by atoms with van der Waals surface area (Å²) in [6.45, 7) is 5.63. The summed E-state index contributed by atoms with van der Waals surface area (Å²) < 4.78 is 13.0. The van der Waals surface area contributed by atoms with Gasteiger partial charge in [-0.05, 0) is 42.4 Å². The number of carbonyl (C=O) groups excluding carboxylic acids is 1. The number of hydrogen-bond donors (Lipinski definition) is 1. The van der Waals surface area contributed by atoms with Gasteiger partial charge in [0.05, 0.1) is 0 Å². The van der Waals surface area contributed by atoms with E-state index in [9.17, 15) is 9.18 Å². The summed E-state index contributed by atoms with van der Waals surface area (Å²) in [5.74, 6) is 0.599. The van der Waals surface area contributed by atoms with Crippen LogP contribution < -0.4 is 5.32 Å². The Morgan fingerprint density at radius 1 is 1.29 bits per heavy atom. The van der Waals surface area contributed by atoms with Gasteiger partial charge in [0.15, 0.2) is 5.13 Å². The summed E-state index contributed by atoms with van der Waals surface area (Å²) >= 11 is 1.53. The molecule has 1 aliphatic heterocycles. The van der Waals surface area contributed by atoms with E-state index in [1.165, 1.54) is 28.3 Å². The molecule has 0 radical (unpaired) electrons. The SMILES string of the molecule is CC(C)c1cnc(NC(=O)N2CCC(c3ccc(F)cc3)CC2)s1. The average Bonchev–Trinajstić information content (AvgIpc) is 3.04. The molecule has 1 N–H and O–H groups in total. The van der Waals surface area contributed by atoms with Crippen LogP contribution in [0.3, 0.4) is 0 Å². The van der Waals surface area contributed by atoms with Gasteiger partial charge in [-0.15, -0.1) is 11.3 Å². The molecule has 0 saturated carbocycles. The molecule has 1 fully saturated rings. The number of halogens is 1. The van der Waals surface area contributed by atoms with Gasteiger partial charge in [-0.3, -0.25) is 5.32 Å². The van der Waals surface area contributed by atoms with Crippen LogP contribution in [0.2, 0.25) is 0 Å². The molecule has 6 heteroatoms. The zero-order valence-corrected chi connectivity index (χ0v) is 14.8. The smallest absolute Gasteiger partial charge is 0.323 e. The molecule has 0 spiro atoms. The maximum Gasteiger partial charge on any atom is 0.323 e. The lowest BCUT2D eigenvalue weighted by Crippen LogP contribution is -2.40. The Balaban J connectivity index is 1.53. The first-order valence-corrected chi connectivity index (χ1v) is 9.11. The lowest BCUT2D eigenvalue weighted by Gasteiger charge is -2.32. The standard InChI is InChI=1S/C18H22FN3OS/c1-12(2)16-11-20-17(24-16)21-18(23)22-9-7-14(8-10-22)13-3-5-15(19)6-4-13/h3-6,11-12,14H,7-10H2,1-2H3,(H,20,21,23). The molecule has 0 unspecified atom stereocenters. The number of aromatic nitrogens is 1. The van der Waals surface area contributed by atoms with Crippen molar-refractivity contribution in [3.63, 3.8) is 0 Å². The third kappa shape index (κ3) is 3.93. The minimum atomic E-state index is -0.209. The molecule has 1 aliphatic rings. The van der Waals surface area contributed by atoms with Gasteiger partial charge in [-0.2, -0.15) is 0 Å². The zero-order valence-electron chi connectivity index (χ0n) is 14.0. The van der Waals surface area contributed by atoms with Crippen LogP contribution in [0.5, 0.6) is 0 Å². The van der Waals surface area contributed by atoms with E-state index in [0.717, 1.165) is 18.4 Å². The monoisotopic (exact) mass is 347 g/mol.